The summed E-state index contributed by atoms with van der Waals surface area (Å²) in [5.74, 6) is -1.27. The Balaban J connectivity index is 3.27. The van der Waals surface area contributed by atoms with Crippen LogP contribution in [-0.4, -0.2) is 25.0 Å². The van der Waals surface area contributed by atoms with Gasteiger partial charge in [0.25, 0.3) is 0 Å². The molecular weight excluding hydrogens is 278 g/mol. The topological polar surface area (TPSA) is 83.5 Å². The van der Waals surface area contributed by atoms with E-state index >= 15 is 0 Å². The predicted molar refractivity (Wildman–Crippen MR) is 68.5 cm³/mol. The standard InChI is InChI=1S/C11H14ClNO4S/c1-11(2,3)13-18(16,17)7-4-5-9(12)8(6-7)10(14)15/h4-6,13H,1-3H3,(H,14,15). The van der Waals surface area contributed by atoms with Crippen molar-refractivity contribution < 1.29 is 18.3 Å². The number of carboxylic acids is 1. The first-order valence-corrected chi connectivity index (χ1v) is 6.96. The second kappa shape index (κ2) is 4.87. The summed E-state index contributed by atoms with van der Waals surface area (Å²) < 4.78 is 26.4. The van der Waals surface area contributed by atoms with Crippen LogP contribution >= 0.6 is 11.6 Å². The van der Waals surface area contributed by atoms with E-state index in [1.165, 1.54) is 12.1 Å². The molecule has 0 aliphatic rings. The molecule has 0 bridgehead atoms. The van der Waals surface area contributed by atoms with Gasteiger partial charge in [-0.05, 0) is 39.0 Å². The lowest BCUT2D eigenvalue weighted by molar-refractivity contribution is 0.0697. The second-order valence-electron chi connectivity index (χ2n) is 4.80. The Kier molecular flexibility index (Phi) is 4.05. The number of sulfonamides is 1. The van der Waals surface area contributed by atoms with E-state index < -0.39 is 21.5 Å². The molecule has 0 fully saturated rings. The van der Waals surface area contributed by atoms with Gasteiger partial charge in [-0.3, -0.25) is 0 Å². The lowest BCUT2D eigenvalue weighted by Gasteiger charge is -2.20. The monoisotopic (exact) mass is 291 g/mol. The van der Waals surface area contributed by atoms with Gasteiger partial charge in [0.1, 0.15) is 0 Å². The van der Waals surface area contributed by atoms with Crippen LogP contribution in [0.3, 0.4) is 0 Å². The molecule has 5 nitrogen and oxygen atoms in total. The fourth-order valence-electron chi connectivity index (χ4n) is 1.30. The van der Waals surface area contributed by atoms with Crippen LogP contribution in [0.5, 0.6) is 0 Å². The minimum absolute atomic E-state index is 0.00258. The largest absolute Gasteiger partial charge is 0.478 e. The van der Waals surface area contributed by atoms with Gasteiger partial charge in [0.15, 0.2) is 0 Å². The van der Waals surface area contributed by atoms with Gasteiger partial charge in [0.2, 0.25) is 10.0 Å². The van der Waals surface area contributed by atoms with Gasteiger partial charge in [0, 0.05) is 5.54 Å². The molecule has 0 atom stereocenters. The predicted octanol–water partition coefficient (Wildman–Crippen LogP) is 2.12. The van der Waals surface area contributed by atoms with Crippen LogP contribution in [0.4, 0.5) is 0 Å². The van der Waals surface area contributed by atoms with E-state index in [1.54, 1.807) is 20.8 Å². The fraction of sp³-hybridized carbons (Fsp3) is 0.364. The molecule has 100 valence electrons. The molecule has 0 aliphatic heterocycles. The van der Waals surface area contributed by atoms with Gasteiger partial charge in [-0.1, -0.05) is 11.6 Å². The molecular formula is C11H14ClNO4S. The van der Waals surface area contributed by atoms with Crippen molar-refractivity contribution in [1.82, 2.24) is 4.72 Å². The number of halogens is 1. The summed E-state index contributed by atoms with van der Waals surface area (Å²) in [7, 11) is -3.76. The molecule has 0 unspecified atom stereocenters. The average Bonchev–Trinajstić information content (AvgIpc) is 2.13. The van der Waals surface area contributed by atoms with Crippen LogP contribution in [0.1, 0.15) is 31.1 Å². The fourth-order valence-corrected chi connectivity index (χ4v) is 2.94. The minimum Gasteiger partial charge on any atom is -0.478 e. The van der Waals surface area contributed by atoms with Crippen LogP contribution < -0.4 is 4.72 Å². The number of hydrogen-bond acceptors (Lipinski definition) is 3. The zero-order valence-corrected chi connectivity index (χ0v) is 11.8. The third kappa shape index (κ3) is 3.69. The van der Waals surface area contributed by atoms with Crippen molar-refractivity contribution in [3.8, 4) is 0 Å². The van der Waals surface area contributed by atoms with Crippen molar-refractivity contribution in [3.05, 3.63) is 28.8 Å². The molecule has 18 heavy (non-hydrogen) atoms. The SMILES string of the molecule is CC(C)(C)NS(=O)(=O)c1ccc(Cl)c(C(=O)O)c1. The van der Waals surface area contributed by atoms with Crippen molar-refractivity contribution in [2.75, 3.05) is 0 Å². The van der Waals surface area contributed by atoms with E-state index in [0.29, 0.717) is 0 Å². The molecule has 0 amide bonds. The molecule has 0 saturated heterocycles. The van der Waals surface area contributed by atoms with Crippen molar-refractivity contribution in [2.24, 2.45) is 0 Å². The van der Waals surface area contributed by atoms with Crippen molar-refractivity contribution in [1.29, 1.82) is 0 Å². The number of rotatable bonds is 3. The molecule has 1 aromatic carbocycles. The number of carboxylic acid groups (broad SMARTS) is 1. The van der Waals surface area contributed by atoms with Gasteiger partial charge in [0.05, 0.1) is 15.5 Å². The van der Waals surface area contributed by atoms with E-state index in [-0.39, 0.29) is 15.5 Å². The smallest absolute Gasteiger partial charge is 0.337 e. The summed E-state index contributed by atoms with van der Waals surface area (Å²) in [4.78, 5) is 10.8. The van der Waals surface area contributed by atoms with Gasteiger partial charge < -0.3 is 5.11 Å². The highest BCUT2D eigenvalue weighted by molar-refractivity contribution is 7.89. The third-order valence-corrected chi connectivity index (χ3v) is 4.00. The number of hydrogen-bond donors (Lipinski definition) is 2. The number of benzene rings is 1. The molecule has 1 aromatic rings. The average molecular weight is 292 g/mol. The van der Waals surface area contributed by atoms with E-state index in [0.717, 1.165) is 6.07 Å². The second-order valence-corrected chi connectivity index (χ2v) is 6.89. The number of carbonyl (C=O) groups is 1. The van der Waals surface area contributed by atoms with Gasteiger partial charge in [-0.2, -0.15) is 0 Å². The zero-order valence-electron chi connectivity index (χ0n) is 10.2. The molecule has 2 N–H and O–H groups in total. The Morgan fingerprint density at radius 3 is 2.33 bits per heavy atom. The number of nitrogens with one attached hydrogen (secondary N) is 1. The first kappa shape index (κ1) is 14.9. The Bertz CT molecular complexity index is 575. The highest BCUT2D eigenvalue weighted by Crippen LogP contribution is 2.21. The first-order chi connectivity index (χ1) is 8.03. The lowest BCUT2D eigenvalue weighted by Crippen LogP contribution is -2.40. The quantitative estimate of drug-likeness (QED) is 0.893. The highest BCUT2D eigenvalue weighted by Gasteiger charge is 2.23. The van der Waals surface area contributed by atoms with Gasteiger partial charge in [-0.25, -0.2) is 17.9 Å². The maximum Gasteiger partial charge on any atom is 0.337 e. The molecule has 0 radical (unpaired) electrons. The van der Waals surface area contributed by atoms with E-state index in [4.69, 9.17) is 16.7 Å². The zero-order chi connectivity index (χ0) is 14.1. The summed E-state index contributed by atoms with van der Waals surface area (Å²) in [6.45, 7) is 5.08. The van der Waals surface area contributed by atoms with Crippen LogP contribution in [0.2, 0.25) is 5.02 Å². The van der Waals surface area contributed by atoms with Crippen molar-refractivity contribution >= 4 is 27.6 Å². The third-order valence-electron chi connectivity index (χ3n) is 1.92. The molecule has 0 aromatic heterocycles. The molecule has 0 spiro atoms. The maximum atomic E-state index is 12.0. The normalized spacial score (nSPS) is 12.4. The molecule has 0 saturated carbocycles. The van der Waals surface area contributed by atoms with Crippen molar-refractivity contribution in [2.45, 2.75) is 31.2 Å². The summed E-state index contributed by atoms with van der Waals surface area (Å²) in [5, 5.41) is 8.89. The van der Waals surface area contributed by atoms with Gasteiger partial charge in [-0.15, -0.1) is 0 Å². The summed E-state index contributed by atoms with van der Waals surface area (Å²) in [6, 6.07) is 3.56. The first-order valence-electron chi connectivity index (χ1n) is 5.10. The maximum absolute atomic E-state index is 12.0. The highest BCUT2D eigenvalue weighted by atomic mass is 35.5. The van der Waals surface area contributed by atoms with Gasteiger partial charge >= 0.3 is 5.97 Å². The summed E-state index contributed by atoms with van der Waals surface area (Å²) in [6.07, 6.45) is 0. The van der Waals surface area contributed by atoms with E-state index in [9.17, 15) is 13.2 Å². The number of aromatic carboxylic acids is 1. The lowest BCUT2D eigenvalue weighted by atomic mass is 10.1. The Labute approximate surface area is 111 Å². The van der Waals surface area contributed by atoms with Crippen LogP contribution in [0.25, 0.3) is 0 Å². The van der Waals surface area contributed by atoms with Crippen LogP contribution in [0.15, 0.2) is 23.1 Å². The summed E-state index contributed by atoms with van der Waals surface area (Å²) in [5.41, 5.74) is -0.893. The summed E-state index contributed by atoms with van der Waals surface area (Å²) >= 11 is 5.68. The Morgan fingerprint density at radius 1 is 1.33 bits per heavy atom. The minimum atomic E-state index is -3.76. The molecule has 0 heterocycles. The molecule has 1 rings (SSSR count). The van der Waals surface area contributed by atoms with Crippen LogP contribution in [-0.2, 0) is 10.0 Å². The van der Waals surface area contributed by atoms with E-state index in [2.05, 4.69) is 4.72 Å². The Hall–Kier alpha value is -1.11. The van der Waals surface area contributed by atoms with E-state index in [1.807, 2.05) is 0 Å². The van der Waals surface area contributed by atoms with Crippen LogP contribution in [0, 0.1) is 0 Å². The van der Waals surface area contributed by atoms with Crippen molar-refractivity contribution in [3.63, 3.8) is 0 Å². The molecule has 7 heteroatoms. The molecule has 0 aliphatic carbocycles. The Morgan fingerprint density at radius 2 is 1.89 bits per heavy atom.